The van der Waals surface area contributed by atoms with Crippen LogP contribution < -0.4 is 5.32 Å². The first-order valence-electron chi connectivity index (χ1n) is 8.23. The van der Waals surface area contributed by atoms with Gasteiger partial charge in [-0.25, -0.2) is 12.8 Å². The molecule has 0 radical (unpaired) electrons. The standard InChI is InChI=1S/C17H21FN2O3S/c18-13-8-10-15(11-9-13)24(22,23)20-12-4-7-16(20)17(21)19-14-5-2-1-3-6-14/h4,7-11,14,16H,1-3,5-6,12H2,(H,19,21)/t16-/m0/s1. The van der Waals surface area contributed by atoms with Crippen molar-refractivity contribution in [1.82, 2.24) is 9.62 Å². The van der Waals surface area contributed by atoms with Crippen LogP contribution in [0.3, 0.4) is 0 Å². The van der Waals surface area contributed by atoms with Crippen LogP contribution in [-0.4, -0.2) is 37.3 Å². The van der Waals surface area contributed by atoms with Crippen molar-refractivity contribution in [3.05, 3.63) is 42.2 Å². The summed E-state index contributed by atoms with van der Waals surface area (Å²) in [6.45, 7) is 0.141. The molecule has 0 saturated heterocycles. The summed E-state index contributed by atoms with van der Waals surface area (Å²) in [5.41, 5.74) is 0. The van der Waals surface area contributed by atoms with Gasteiger partial charge in [0.1, 0.15) is 11.9 Å². The van der Waals surface area contributed by atoms with Crippen LogP contribution in [0.15, 0.2) is 41.3 Å². The van der Waals surface area contributed by atoms with E-state index in [9.17, 15) is 17.6 Å². The highest BCUT2D eigenvalue weighted by atomic mass is 32.2. The van der Waals surface area contributed by atoms with Crippen LogP contribution >= 0.6 is 0 Å². The van der Waals surface area contributed by atoms with Gasteiger partial charge in [0.25, 0.3) is 0 Å². The molecule has 1 N–H and O–H groups in total. The van der Waals surface area contributed by atoms with Gasteiger partial charge in [-0.15, -0.1) is 0 Å². The molecule has 1 aromatic rings. The molecule has 2 aliphatic rings. The van der Waals surface area contributed by atoms with Gasteiger partial charge in [0.2, 0.25) is 15.9 Å². The zero-order valence-electron chi connectivity index (χ0n) is 13.3. The molecule has 1 aliphatic heterocycles. The summed E-state index contributed by atoms with van der Waals surface area (Å²) < 4.78 is 39.7. The Balaban J connectivity index is 1.75. The summed E-state index contributed by atoms with van der Waals surface area (Å²) in [6, 6.07) is 3.93. The van der Waals surface area contributed by atoms with Crippen molar-refractivity contribution < 1.29 is 17.6 Å². The molecule has 24 heavy (non-hydrogen) atoms. The normalized spacial score (nSPS) is 22.6. The van der Waals surface area contributed by atoms with Crippen LogP contribution in [0.5, 0.6) is 0 Å². The Morgan fingerprint density at radius 2 is 1.79 bits per heavy atom. The molecule has 1 heterocycles. The van der Waals surface area contributed by atoms with Gasteiger partial charge >= 0.3 is 0 Å². The third-order valence-corrected chi connectivity index (χ3v) is 6.42. The second-order valence-corrected chi connectivity index (χ2v) is 8.14. The van der Waals surface area contributed by atoms with E-state index in [-0.39, 0.29) is 23.4 Å². The SMILES string of the molecule is O=C(NC1CCCCC1)[C@@H]1C=CCN1S(=O)(=O)c1ccc(F)cc1. The van der Waals surface area contributed by atoms with Crippen molar-refractivity contribution in [2.45, 2.75) is 49.1 Å². The smallest absolute Gasteiger partial charge is 0.244 e. The van der Waals surface area contributed by atoms with Crippen molar-refractivity contribution in [1.29, 1.82) is 0 Å². The van der Waals surface area contributed by atoms with Gasteiger partial charge in [0.05, 0.1) is 4.90 Å². The quantitative estimate of drug-likeness (QED) is 0.845. The first-order chi connectivity index (χ1) is 11.5. The van der Waals surface area contributed by atoms with Gasteiger partial charge in [0.15, 0.2) is 0 Å². The number of carbonyl (C=O) groups excluding carboxylic acids is 1. The van der Waals surface area contributed by atoms with Gasteiger partial charge in [0, 0.05) is 12.6 Å². The fraction of sp³-hybridized carbons (Fsp3) is 0.471. The van der Waals surface area contributed by atoms with Crippen molar-refractivity contribution in [3.63, 3.8) is 0 Å². The molecule has 3 rings (SSSR count). The van der Waals surface area contributed by atoms with Crippen molar-refractivity contribution >= 4 is 15.9 Å². The van der Waals surface area contributed by atoms with Crippen LogP contribution in [-0.2, 0) is 14.8 Å². The first kappa shape index (κ1) is 17.1. The van der Waals surface area contributed by atoms with E-state index in [1.165, 1.54) is 18.6 Å². The molecule has 5 nitrogen and oxygen atoms in total. The number of halogens is 1. The Labute approximate surface area is 141 Å². The molecule has 7 heteroatoms. The lowest BCUT2D eigenvalue weighted by atomic mass is 9.95. The van der Waals surface area contributed by atoms with Crippen molar-refractivity contribution in [2.24, 2.45) is 0 Å². The van der Waals surface area contributed by atoms with Crippen LogP contribution in [0.4, 0.5) is 4.39 Å². The Kier molecular flexibility index (Phi) is 5.01. The minimum Gasteiger partial charge on any atom is -0.352 e. The Hall–Kier alpha value is -1.73. The summed E-state index contributed by atoms with van der Waals surface area (Å²) in [5, 5.41) is 2.97. The number of hydrogen-bond acceptors (Lipinski definition) is 3. The average molecular weight is 352 g/mol. The fourth-order valence-corrected chi connectivity index (χ4v) is 4.74. The number of nitrogens with zero attached hydrogens (tertiary/aromatic N) is 1. The van der Waals surface area contributed by atoms with Crippen molar-refractivity contribution in [3.8, 4) is 0 Å². The highest BCUT2D eigenvalue weighted by Crippen LogP contribution is 2.24. The van der Waals surface area contributed by atoms with Gasteiger partial charge in [-0.1, -0.05) is 31.4 Å². The predicted octanol–water partition coefficient (Wildman–Crippen LogP) is 2.20. The molecule has 1 atom stereocenters. The molecule has 1 saturated carbocycles. The van der Waals surface area contributed by atoms with E-state index in [1.54, 1.807) is 12.2 Å². The Morgan fingerprint density at radius 1 is 1.12 bits per heavy atom. The van der Waals surface area contributed by atoms with Gasteiger partial charge in [-0.05, 0) is 37.1 Å². The molecule has 1 amide bonds. The molecule has 0 unspecified atom stereocenters. The van der Waals surface area contributed by atoms with E-state index in [0.717, 1.165) is 42.1 Å². The highest BCUT2D eigenvalue weighted by molar-refractivity contribution is 7.89. The predicted molar refractivity (Wildman–Crippen MR) is 88.2 cm³/mol. The summed E-state index contributed by atoms with van der Waals surface area (Å²) in [5.74, 6) is -0.790. The number of amides is 1. The van der Waals surface area contributed by atoms with E-state index >= 15 is 0 Å². The maximum absolute atomic E-state index is 13.0. The maximum Gasteiger partial charge on any atom is 0.244 e. The monoisotopic (exact) mass is 352 g/mol. The summed E-state index contributed by atoms with van der Waals surface area (Å²) >= 11 is 0. The molecular weight excluding hydrogens is 331 g/mol. The van der Waals surface area contributed by atoms with Crippen LogP contribution in [0.1, 0.15) is 32.1 Å². The molecule has 0 spiro atoms. The summed E-state index contributed by atoms with van der Waals surface area (Å²) in [7, 11) is -3.85. The lowest BCUT2D eigenvalue weighted by Crippen LogP contribution is -2.49. The van der Waals surface area contributed by atoms with Gasteiger partial charge in [-0.2, -0.15) is 4.31 Å². The van der Waals surface area contributed by atoms with Gasteiger partial charge < -0.3 is 5.32 Å². The third kappa shape index (κ3) is 3.52. The van der Waals surface area contributed by atoms with E-state index in [1.807, 2.05) is 0 Å². The zero-order chi connectivity index (χ0) is 17.2. The lowest BCUT2D eigenvalue weighted by Gasteiger charge is -2.27. The van der Waals surface area contributed by atoms with Crippen LogP contribution in [0, 0.1) is 5.82 Å². The first-order valence-corrected chi connectivity index (χ1v) is 9.67. The molecular formula is C17H21FN2O3S. The molecule has 1 aromatic carbocycles. The van der Waals surface area contributed by atoms with E-state index in [2.05, 4.69) is 5.32 Å². The topological polar surface area (TPSA) is 66.5 Å². The van der Waals surface area contributed by atoms with E-state index in [0.29, 0.717) is 0 Å². The van der Waals surface area contributed by atoms with Crippen molar-refractivity contribution in [2.75, 3.05) is 6.54 Å². The second-order valence-electron chi connectivity index (χ2n) is 6.25. The number of nitrogens with one attached hydrogen (secondary N) is 1. The van der Waals surface area contributed by atoms with Gasteiger partial charge in [-0.3, -0.25) is 4.79 Å². The number of benzene rings is 1. The third-order valence-electron chi connectivity index (χ3n) is 4.55. The molecule has 1 aliphatic carbocycles. The highest BCUT2D eigenvalue weighted by Gasteiger charge is 2.37. The van der Waals surface area contributed by atoms with E-state index < -0.39 is 21.9 Å². The molecule has 1 fully saturated rings. The average Bonchev–Trinajstić information content (AvgIpc) is 3.07. The molecule has 0 bridgehead atoms. The number of hydrogen-bond donors (Lipinski definition) is 1. The summed E-state index contributed by atoms with van der Waals surface area (Å²) in [6.07, 6.45) is 8.51. The molecule has 0 aromatic heterocycles. The minimum atomic E-state index is -3.85. The van der Waals surface area contributed by atoms with Crippen LogP contribution in [0.25, 0.3) is 0 Å². The fourth-order valence-electron chi connectivity index (χ4n) is 3.24. The lowest BCUT2D eigenvalue weighted by molar-refractivity contribution is -0.124. The molecule has 130 valence electrons. The second kappa shape index (κ2) is 7.03. The number of sulfonamides is 1. The number of carbonyl (C=O) groups is 1. The summed E-state index contributed by atoms with van der Waals surface area (Å²) in [4.78, 5) is 12.5. The van der Waals surface area contributed by atoms with Crippen LogP contribution in [0.2, 0.25) is 0 Å². The largest absolute Gasteiger partial charge is 0.352 e. The Morgan fingerprint density at radius 3 is 2.46 bits per heavy atom. The van der Waals surface area contributed by atoms with E-state index in [4.69, 9.17) is 0 Å². The Bertz CT molecular complexity index is 725. The maximum atomic E-state index is 13.0. The minimum absolute atomic E-state index is 0.0110. The zero-order valence-corrected chi connectivity index (χ0v) is 14.1. The number of rotatable bonds is 4.